The van der Waals surface area contributed by atoms with Gasteiger partial charge in [-0.1, -0.05) is 0 Å². The van der Waals surface area contributed by atoms with Gasteiger partial charge in [0.15, 0.2) is 0 Å². The molecule has 3 fully saturated rings. The molecule has 0 radical (unpaired) electrons. The lowest BCUT2D eigenvalue weighted by Gasteiger charge is -2.39. The zero-order valence-electron chi connectivity index (χ0n) is 13.9. The zero-order valence-corrected chi connectivity index (χ0v) is 13.9. The van der Waals surface area contributed by atoms with Crippen molar-refractivity contribution in [2.75, 3.05) is 32.8 Å². The Labute approximate surface area is 137 Å². The van der Waals surface area contributed by atoms with Crippen LogP contribution < -0.4 is 0 Å². The number of hydrogen-bond donors (Lipinski definition) is 0. The lowest BCUT2D eigenvalue weighted by Crippen LogP contribution is -2.47. The molecule has 0 aromatic carbocycles. The number of furan rings is 1. The smallest absolute Gasteiger partial charge is 0.257 e. The molecular formula is C18H26N2O3. The molecule has 0 saturated carbocycles. The fourth-order valence-electron chi connectivity index (χ4n) is 4.40. The molecule has 23 heavy (non-hydrogen) atoms. The van der Waals surface area contributed by atoms with E-state index in [1.165, 1.54) is 25.9 Å². The van der Waals surface area contributed by atoms with Crippen LogP contribution in [0.3, 0.4) is 0 Å². The summed E-state index contributed by atoms with van der Waals surface area (Å²) in [5.74, 6) is 0.807. The van der Waals surface area contributed by atoms with Crippen molar-refractivity contribution in [3.63, 3.8) is 0 Å². The van der Waals surface area contributed by atoms with Crippen molar-refractivity contribution in [1.29, 1.82) is 0 Å². The van der Waals surface area contributed by atoms with Crippen LogP contribution in [0.5, 0.6) is 0 Å². The normalized spacial score (nSPS) is 27.9. The van der Waals surface area contributed by atoms with Gasteiger partial charge >= 0.3 is 0 Å². The molecule has 0 aliphatic carbocycles. The van der Waals surface area contributed by atoms with E-state index < -0.39 is 0 Å². The molecule has 3 aliphatic heterocycles. The van der Waals surface area contributed by atoms with Gasteiger partial charge in [-0.05, 0) is 58.2 Å². The summed E-state index contributed by atoms with van der Waals surface area (Å²) >= 11 is 0. The van der Waals surface area contributed by atoms with Gasteiger partial charge in [0.2, 0.25) is 0 Å². The average Bonchev–Trinajstić information content (AvgIpc) is 3.28. The molecule has 1 unspecified atom stereocenters. The highest BCUT2D eigenvalue weighted by Gasteiger charge is 2.45. The molecule has 0 N–H and O–H groups in total. The third-order valence-corrected chi connectivity index (χ3v) is 5.90. The third-order valence-electron chi connectivity index (χ3n) is 5.90. The first kappa shape index (κ1) is 15.2. The number of nitrogens with zero attached hydrogens (tertiary/aromatic N) is 2. The van der Waals surface area contributed by atoms with E-state index in [4.69, 9.17) is 9.15 Å². The maximum absolute atomic E-state index is 12.6. The Hall–Kier alpha value is -1.33. The largest absolute Gasteiger partial charge is 0.469 e. The van der Waals surface area contributed by atoms with Crippen LogP contribution >= 0.6 is 0 Å². The van der Waals surface area contributed by atoms with Gasteiger partial charge in [-0.3, -0.25) is 9.69 Å². The number of hydrogen-bond acceptors (Lipinski definition) is 4. The van der Waals surface area contributed by atoms with Crippen LogP contribution in [0, 0.1) is 6.92 Å². The van der Waals surface area contributed by atoms with Crippen molar-refractivity contribution in [2.45, 2.75) is 50.7 Å². The second kappa shape index (κ2) is 5.95. The van der Waals surface area contributed by atoms with Gasteiger partial charge in [0.05, 0.1) is 24.0 Å². The number of carbonyl (C=O) groups excluding carboxylic acids is 1. The van der Waals surface area contributed by atoms with Crippen molar-refractivity contribution in [1.82, 2.24) is 9.80 Å². The van der Waals surface area contributed by atoms with Gasteiger partial charge in [0.1, 0.15) is 5.76 Å². The summed E-state index contributed by atoms with van der Waals surface area (Å²) in [6.45, 7) is 6.75. The van der Waals surface area contributed by atoms with E-state index in [1.807, 2.05) is 11.8 Å². The van der Waals surface area contributed by atoms with E-state index in [0.717, 1.165) is 39.0 Å². The molecule has 0 bridgehead atoms. The number of ether oxygens (including phenoxy) is 1. The van der Waals surface area contributed by atoms with Gasteiger partial charge in [-0.15, -0.1) is 0 Å². The van der Waals surface area contributed by atoms with E-state index in [1.54, 1.807) is 12.3 Å². The monoisotopic (exact) mass is 318 g/mol. The van der Waals surface area contributed by atoms with Gasteiger partial charge in [0, 0.05) is 19.1 Å². The molecule has 5 nitrogen and oxygen atoms in total. The van der Waals surface area contributed by atoms with Crippen LogP contribution in [-0.2, 0) is 4.74 Å². The number of likely N-dealkylation sites (tertiary alicyclic amines) is 2. The number of amides is 1. The molecule has 5 heteroatoms. The molecular weight excluding hydrogens is 292 g/mol. The number of carbonyl (C=O) groups is 1. The molecule has 3 aliphatic rings. The lowest BCUT2D eigenvalue weighted by atomic mass is 9.87. The first-order valence-corrected chi connectivity index (χ1v) is 8.88. The van der Waals surface area contributed by atoms with Crippen LogP contribution in [0.4, 0.5) is 0 Å². The summed E-state index contributed by atoms with van der Waals surface area (Å²) in [5.41, 5.74) is 0.707. The summed E-state index contributed by atoms with van der Waals surface area (Å²) in [4.78, 5) is 17.1. The minimum Gasteiger partial charge on any atom is -0.469 e. The van der Waals surface area contributed by atoms with Crippen LogP contribution in [0.1, 0.15) is 48.2 Å². The summed E-state index contributed by atoms with van der Waals surface area (Å²) in [6.07, 6.45) is 7.31. The second-order valence-electron chi connectivity index (χ2n) is 7.28. The Morgan fingerprint density at radius 3 is 2.61 bits per heavy atom. The van der Waals surface area contributed by atoms with Crippen molar-refractivity contribution in [3.05, 3.63) is 23.7 Å². The van der Waals surface area contributed by atoms with Crippen LogP contribution in [0.2, 0.25) is 0 Å². The number of piperidine rings is 1. The Kier molecular flexibility index (Phi) is 3.93. The van der Waals surface area contributed by atoms with Gasteiger partial charge in [0.25, 0.3) is 5.91 Å². The van der Waals surface area contributed by atoms with Crippen molar-refractivity contribution in [3.8, 4) is 0 Å². The van der Waals surface area contributed by atoms with Crippen LogP contribution in [0.25, 0.3) is 0 Å². The lowest BCUT2D eigenvalue weighted by molar-refractivity contribution is -0.0393. The molecule has 4 rings (SSSR count). The fraction of sp³-hybridized carbons (Fsp3) is 0.722. The zero-order chi connectivity index (χ0) is 15.9. The summed E-state index contributed by atoms with van der Waals surface area (Å²) < 4.78 is 11.5. The highest BCUT2D eigenvalue weighted by Crippen LogP contribution is 2.38. The SMILES string of the molecule is Cc1occc1C(=O)N1CCC2(CC1)CC(N1CCCC1)CO2. The van der Waals surface area contributed by atoms with Crippen molar-refractivity contribution < 1.29 is 13.9 Å². The molecule has 126 valence electrons. The topological polar surface area (TPSA) is 45.9 Å². The third kappa shape index (κ3) is 2.81. The van der Waals surface area contributed by atoms with Crippen LogP contribution in [0.15, 0.2) is 16.7 Å². The summed E-state index contributed by atoms with van der Waals surface area (Å²) in [5, 5.41) is 0. The average molecular weight is 318 g/mol. The van der Waals surface area contributed by atoms with E-state index in [-0.39, 0.29) is 11.5 Å². The van der Waals surface area contributed by atoms with Gasteiger partial charge in [-0.25, -0.2) is 0 Å². The minimum atomic E-state index is 0.00940. The van der Waals surface area contributed by atoms with Crippen molar-refractivity contribution >= 4 is 5.91 Å². The van der Waals surface area contributed by atoms with E-state index in [2.05, 4.69) is 4.90 Å². The summed E-state index contributed by atoms with van der Waals surface area (Å²) in [7, 11) is 0. The maximum Gasteiger partial charge on any atom is 0.257 e. The predicted octanol–water partition coefficient (Wildman–Crippen LogP) is 2.45. The van der Waals surface area contributed by atoms with Gasteiger partial charge < -0.3 is 14.1 Å². The first-order chi connectivity index (χ1) is 11.2. The summed E-state index contributed by atoms with van der Waals surface area (Å²) in [6, 6.07) is 2.37. The molecule has 1 aromatic rings. The molecule has 4 heterocycles. The number of aryl methyl sites for hydroxylation is 1. The molecule has 1 aromatic heterocycles. The van der Waals surface area contributed by atoms with Crippen molar-refractivity contribution in [2.24, 2.45) is 0 Å². The van der Waals surface area contributed by atoms with E-state index >= 15 is 0 Å². The van der Waals surface area contributed by atoms with Gasteiger partial charge in [-0.2, -0.15) is 0 Å². The highest BCUT2D eigenvalue weighted by molar-refractivity contribution is 5.95. The predicted molar refractivity (Wildman–Crippen MR) is 86.5 cm³/mol. The molecule has 1 spiro atoms. The Morgan fingerprint density at radius 2 is 1.96 bits per heavy atom. The maximum atomic E-state index is 12.6. The Morgan fingerprint density at radius 1 is 1.22 bits per heavy atom. The van der Waals surface area contributed by atoms with Crippen LogP contribution in [-0.4, -0.2) is 60.1 Å². The molecule has 3 saturated heterocycles. The van der Waals surface area contributed by atoms with E-state index in [0.29, 0.717) is 17.4 Å². The first-order valence-electron chi connectivity index (χ1n) is 8.88. The minimum absolute atomic E-state index is 0.00940. The molecule has 1 atom stereocenters. The second-order valence-corrected chi connectivity index (χ2v) is 7.28. The number of rotatable bonds is 2. The Balaban J connectivity index is 1.36. The standard InChI is InChI=1S/C18H26N2O3/c1-14-16(4-11-22-14)17(21)20-9-5-18(6-10-20)12-15(13-23-18)19-7-2-3-8-19/h4,11,15H,2-3,5-10,12-13H2,1H3. The Bertz CT molecular complexity index is 569. The van der Waals surface area contributed by atoms with E-state index in [9.17, 15) is 4.79 Å². The fourth-order valence-corrected chi connectivity index (χ4v) is 4.40. The highest BCUT2D eigenvalue weighted by atomic mass is 16.5. The molecule has 1 amide bonds. The quantitative estimate of drug-likeness (QED) is 0.840.